The van der Waals surface area contributed by atoms with Gasteiger partial charge in [-0.25, -0.2) is 4.98 Å². The number of nitrogens with zero attached hydrogens (tertiary/aromatic N) is 1. The Morgan fingerprint density at radius 1 is 1.22 bits per heavy atom. The van der Waals surface area contributed by atoms with Gasteiger partial charge in [0, 0.05) is 22.9 Å². The maximum Gasteiger partial charge on any atom is 0.256 e. The zero-order valence-corrected chi connectivity index (χ0v) is 14.2. The maximum atomic E-state index is 12.6. The van der Waals surface area contributed by atoms with E-state index in [0.29, 0.717) is 11.4 Å². The van der Waals surface area contributed by atoms with Crippen LogP contribution in [0.15, 0.2) is 36.5 Å². The number of amides is 1. The number of nitrogens with one attached hydrogen (secondary N) is 1. The van der Waals surface area contributed by atoms with Crippen molar-refractivity contribution < 1.29 is 9.53 Å². The lowest BCUT2D eigenvalue weighted by atomic mass is 9.78. The van der Waals surface area contributed by atoms with Crippen LogP contribution < -0.4 is 10.1 Å². The molecular weight excluding hydrogens is 288 g/mol. The second kappa shape index (κ2) is 5.08. The van der Waals surface area contributed by atoms with Crippen molar-refractivity contribution >= 4 is 11.7 Å². The van der Waals surface area contributed by atoms with Gasteiger partial charge in [-0.1, -0.05) is 26.8 Å². The fourth-order valence-corrected chi connectivity index (χ4v) is 2.76. The number of fused-ring (bicyclic) bond motifs is 1. The molecule has 0 aliphatic carbocycles. The summed E-state index contributed by atoms with van der Waals surface area (Å²) < 4.78 is 5.94. The van der Waals surface area contributed by atoms with Crippen LogP contribution in [-0.2, 0) is 11.0 Å². The van der Waals surface area contributed by atoms with E-state index >= 15 is 0 Å². The Hall–Kier alpha value is -2.36. The molecule has 0 atom stereocenters. The minimum Gasteiger partial charge on any atom is -0.482 e. The van der Waals surface area contributed by atoms with Crippen LogP contribution >= 0.6 is 0 Å². The predicted molar refractivity (Wildman–Crippen MR) is 91.0 cm³/mol. The van der Waals surface area contributed by atoms with Gasteiger partial charge in [0.15, 0.2) is 0 Å². The van der Waals surface area contributed by atoms with E-state index in [1.807, 2.05) is 38.1 Å². The molecule has 0 saturated heterocycles. The summed E-state index contributed by atoms with van der Waals surface area (Å²) >= 11 is 0. The van der Waals surface area contributed by atoms with Gasteiger partial charge in [0.1, 0.15) is 17.2 Å². The molecule has 23 heavy (non-hydrogen) atoms. The maximum absolute atomic E-state index is 12.6. The van der Waals surface area contributed by atoms with Crippen molar-refractivity contribution in [2.45, 2.75) is 45.6 Å². The number of ether oxygens (including phenoxy) is 1. The van der Waals surface area contributed by atoms with Crippen LogP contribution in [0.25, 0.3) is 0 Å². The topological polar surface area (TPSA) is 51.2 Å². The minimum atomic E-state index is -0.351. The first-order valence-corrected chi connectivity index (χ1v) is 7.79. The molecule has 0 spiro atoms. The van der Waals surface area contributed by atoms with E-state index in [4.69, 9.17) is 4.74 Å². The highest BCUT2D eigenvalue weighted by atomic mass is 16.5. The molecule has 2 aromatic rings. The molecule has 1 aromatic carbocycles. The van der Waals surface area contributed by atoms with Crippen molar-refractivity contribution in [3.05, 3.63) is 53.2 Å². The molecule has 4 heteroatoms. The first-order chi connectivity index (χ1) is 10.7. The van der Waals surface area contributed by atoms with E-state index in [1.54, 1.807) is 12.3 Å². The molecule has 0 unspecified atom stereocenters. The number of carbonyl (C=O) groups is 1. The molecule has 0 radical (unpaired) electrons. The Balaban J connectivity index is 2.00. The van der Waals surface area contributed by atoms with Crippen molar-refractivity contribution in [3.8, 4) is 5.75 Å². The highest BCUT2D eigenvalue weighted by molar-refractivity contribution is 6.04. The van der Waals surface area contributed by atoms with Gasteiger partial charge in [-0.3, -0.25) is 4.79 Å². The molecule has 2 heterocycles. The quantitative estimate of drug-likeness (QED) is 0.901. The van der Waals surface area contributed by atoms with Gasteiger partial charge in [-0.05, 0) is 43.5 Å². The first-order valence-electron chi connectivity index (χ1n) is 7.79. The Labute approximate surface area is 136 Å². The number of carbonyl (C=O) groups excluding carboxylic acids is 1. The van der Waals surface area contributed by atoms with E-state index in [-0.39, 0.29) is 16.9 Å². The van der Waals surface area contributed by atoms with Crippen LogP contribution in [-0.4, -0.2) is 10.9 Å². The van der Waals surface area contributed by atoms with Crippen LogP contribution in [0.1, 0.15) is 56.1 Å². The molecule has 1 amide bonds. The zero-order valence-electron chi connectivity index (χ0n) is 14.2. The molecular formula is C19H22N2O2. The van der Waals surface area contributed by atoms with Crippen LogP contribution in [0.4, 0.5) is 5.82 Å². The van der Waals surface area contributed by atoms with Gasteiger partial charge in [0.05, 0.1) is 0 Å². The van der Waals surface area contributed by atoms with Crippen molar-refractivity contribution in [1.29, 1.82) is 0 Å². The first kappa shape index (κ1) is 15.5. The molecule has 1 N–H and O–H groups in total. The lowest BCUT2D eigenvalue weighted by Gasteiger charge is -2.42. The summed E-state index contributed by atoms with van der Waals surface area (Å²) in [5, 5.41) is 2.84. The van der Waals surface area contributed by atoms with E-state index in [2.05, 4.69) is 31.1 Å². The minimum absolute atomic E-state index is 0.0954. The predicted octanol–water partition coefficient (Wildman–Crippen LogP) is 4.26. The summed E-state index contributed by atoms with van der Waals surface area (Å²) in [6.07, 6.45) is 1.66. The van der Waals surface area contributed by atoms with E-state index in [1.165, 1.54) is 0 Å². The number of rotatable bonds is 2. The number of pyridine rings is 1. The van der Waals surface area contributed by atoms with E-state index in [0.717, 1.165) is 16.9 Å². The Morgan fingerprint density at radius 2 is 1.96 bits per heavy atom. The normalized spacial score (nSPS) is 15.2. The van der Waals surface area contributed by atoms with Crippen LogP contribution in [0.3, 0.4) is 0 Å². The van der Waals surface area contributed by atoms with Gasteiger partial charge in [-0.15, -0.1) is 0 Å². The second-order valence-corrected chi connectivity index (χ2v) is 7.43. The monoisotopic (exact) mass is 310 g/mol. The molecule has 120 valence electrons. The summed E-state index contributed by atoms with van der Waals surface area (Å²) in [4.78, 5) is 16.7. The third-order valence-electron chi connectivity index (χ3n) is 4.07. The van der Waals surface area contributed by atoms with Crippen LogP contribution in [0.2, 0.25) is 0 Å². The van der Waals surface area contributed by atoms with Gasteiger partial charge < -0.3 is 10.1 Å². The van der Waals surface area contributed by atoms with Crippen molar-refractivity contribution in [3.63, 3.8) is 0 Å². The molecule has 0 fully saturated rings. The molecule has 1 aromatic heterocycles. The molecule has 0 saturated carbocycles. The molecule has 1 aliphatic rings. The highest BCUT2D eigenvalue weighted by Crippen LogP contribution is 2.49. The van der Waals surface area contributed by atoms with Crippen molar-refractivity contribution in [2.75, 3.05) is 5.32 Å². The van der Waals surface area contributed by atoms with Crippen molar-refractivity contribution in [1.82, 2.24) is 4.98 Å². The third kappa shape index (κ3) is 2.81. The van der Waals surface area contributed by atoms with Crippen LogP contribution in [0.5, 0.6) is 5.75 Å². The molecule has 0 bridgehead atoms. The molecule has 4 nitrogen and oxygen atoms in total. The van der Waals surface area contributed by atoms with Crippen molar-refractivity contribution in [2.24, 2.45) is 0 Å². The average Bonchev–Trinajstić information content (AvgIpc) is 2.46. The number of aromatic nitrogens is 1. The highest BCUT2D eigenvalue weighted by Gasteiger charge is 2.41. The summed E-state index contributed by atoms with van der Waals surface area (Å²) in [5.41, 5.74) is 2.32. The Morgan fingerprint density at radius 3 is 2.52 bits per heavy atom. The SMILES string of the molecule is CC(C)(C)c1cc(C(=O)Nc2ccccn2)cc2c1OC2(C)C. The molecule has 1 aliphatic heterocycles. The average molecular weight is 310 g/mol. The van der Waals surface area contributed by atoms with Crippen LogP contribution in [0, 0.1) is 0 Å². The standard InChI is InChI=1S/C19H22N2O2/c1-18(2,3)13-10-12(11-14-16(13)23-19(14,4)5)17(22)21-15-8-6-7-9-20-15/h6-11H,1-5H3,(H,20,21,22). The lowest BCUT2D eigenvalue weighted by molar-refractivity contribution is 0.0483. The summed E-state index contributed by atoms with van der Waals surface area (Å²) in [5.74, 6) is 1.31. The van der Waals surface area contributed by atoms with Gasteiger partial charge in [0.25, 0.3) is 5.91 Å². The third-order valence-corrected chi connectivity index (χ3v) is 4.07. The van der Waals surface area contributed by atoms with E-state index in [9.17, 15) is 4.79 Å². The number of hydrogen-bond donors (Lipinski definition) is 1. The van der Waals surface area contributed by atoms with Gasteiger partial charge in [0.2, 0.25) is 0 Å². The largest absolute Gasteiger partial charge is 0.482 e. The summed E-state index contributed by atoms with van der Waals surface area (Å²) in [6, 6.07) is 9.28. The van der Waals surface area contributed by atoms with Gasteiger partial charge in [-0.2, -0.15) is 0 Å². The number of anilines is 1. The Bertz CT molecular complexity index is 759. The fraction of sp³-hybridized carbons (Fsp3) is 0.368. The Kier molecular flexibility index (Phi) is 3.43. The second-order valence-electron chi connectivity index (χ2n) is 7.43. The fourth-order valence-electron chi connectivity index (χ4n) is 2.76. The summed E-state index contributed by atoms with van der Waals surface area (Å²) in [6.45, 7) is 10.4. The number of benzene rings is 1. The summed E-state index contributed by atoms with van der Waals surface area (Å²) in [7, 11) is 0. The van der Waals surface area contributed by atoms with Gasteiger partial charge >= 0.3 is 0 Å². The lowest BCUT2D eigenvalue weighted by Crippen LogP contribution is -2.38. The smallest absolute Gasteiger partial charge is 0.256 e. The molecule has 3 rings (SSSR count). The number of hydrogen-bond acceptors (Lipinski definition) is 3. The zero-order chi connectivity index (χ0) is 16.8. The van der Waals surface area contributed by atoms with E-state index < -0.39 is 0 Å².